The minimum Gasteiger partial charge on any atom is -0.383 e. The van der Waals surface area contributed by atoms with E-state index in [9.17, 15) is 0 Å². The number of rotatable bonds is 3. The lowest BCUT2D eigenvalue weighted by Crippen LogP contribution is -2.09. The molecule has 2 aromatic rings. The van der Waals surface area contributed by atoms with Gasteiger partial charge in [0.25, 0.3) is 0 Å². The molecule has 0 saturated carbocycles. The van der Waals surface area contributed by atoms with E-state index in [1.807, 2.05) is 6.92 Å². The molecule has 2 N–H and O–H groups in total. The Morgan fingerprint density at radius 3 is 2.30 bits per heavy atom. The fraction of sp³-hybridized carbons (Fsp3) is 0.412. The predicted octanol–water partition coefficient (Wildman–Crippen LogP) is 3.70. The smallest absolute Gasteiger partial charge is 0.135 e. The van der Waals surface area contributed by atoms with Crippen LogP contribution in [0.15, 0.2) is 18.2 Å². The van der Waals surface area contributed by atoms with Crippen LogP contribution >= 0.6 is 0 Å². The van der Waals surface area contributed by atoms with Gasteiger partial charge in [0.15, 0.2) is 0 Å². The molecule has 106 valence electrons. The summed E-state index contributed by atoms with van der Waals surface area (Å²) < 4.78 is 0. The molecule has 0 unspecified atom stereocenters. The van der Waals surface area contributed by atoms with Gasteiger partial charge in [-0.1, -0.05) is 32.0 Å². The summed E-state index contributed by atoms with van der Waals surface area (Å²) in [4.78, 5) is 9.08. The van der Waals surface area contributed by atoms with Crippen molar-refractivity contribution in [2.75, 3.05) is 5.73 Å². The molecule has 1 heterocycles. The molecule has 0 fully saturated rings. The predicted molar refractivity (Wildman–Crippen MR) is 84.0 cm³/mol. The van der Waals surface area contributed by atoms with Gasteiger partial charge in [-0.15, -0.1) is 0 Å². The molecule has 0 radical (unpaired) electrons. The van der Waals surface area contributed by atoms with Crippen LogP contribution in [-0.4, -0.2) is 9.97 Å². The molecule has 0 bridgehead atoms. The Hall–Kier alpha value is -1.90. The number of hydrogen-bond acceptors (Lipinski definition) is 3. The third kappa shape index (κ3) is 2.98. The molecule has 0 spiro atoms. The highest BCUT2D eigenvalue weighted by Crippen LogP contribution is 2.23. The Kier molecular flexibility index (Phi) is 4.07. The maximum Gasteiger partial charge on any atom is 0.135 e. The van der Waals surface area contributed by atoms with Gasteiger partial charge in [-0.2, -0.15) is 0 Å². The lowest BCUT2D eigenvalue weighted by atomic mass is 10.0. The molecule has 0 saturated heterocycles. The summed E-state index contributed by atoms with van der Waals surface area (Å²) in [7, 11) is 0. The fourth-order valence-corrected chi connectivity index (χ4v) is 2.55. The lowest BCUT2D eigenvalue weighted by molar-refractivity contribution is 0.817. The van der Waals surface area contributed by atoms with Crippen molar-refractivity contribution >= 4 is 5.82 Å². The molecule has 0 aliphatic carbocycles. The van der Waals surface area contributed by atoms with Crippen LogP contribution in [0.25, 0.3) is 0 Å². The van der Waals surface area contributed by atoms with Crippen LogP contribution in [0, 0.1) is 20.8 Å². The lowest BCUT2D eigenvalue weighted by Gasteiger charge is -2.13. The molecule has 0 amide bonds. The van der Waals surface area contributed by atoms with E-state index < -0.39 is 0 Å². The van der Waals surface area contributed by atoms with E-state index in [-0.39, 0.29) is 0 Å². The van der Waals surface area contributed by atoms with E-state index in [0.717, 1.165) is 23.5 Å². The quantitative estimate of drug-likeness (QED) is 0.924. The minimum atomic E-state index is 0.352. The zero-order valence-corrected chi connectivity index (χ0v) is 13.0. The zero-order chi connectivity index (χ0) is 14.9. The SMILES string of the molecule is Cc1ccc(Cc2nc(C)c(C(C)C)c(N)n2)cc1C. The van der Waals surface area contributed by atoms with E-state index in [1.54, 1.807) is 0 Å². The second kappa shape index (κ2) is 5.61. The van der Waals surface area contributed by atoms with Crippen molar-refractivity contribution in [3.8, 4) is 0 Å². The first-order valence-electron chi connectivity index (χ1n) is 7.07. The van der Waals surface area contributed by atoms with Gasteiger partial charge < -0.3 is 5.73 Å². The van der Waals surface area contributed by atoms with Crippen LogP contribution in [0.4, 0.5) is 5.82 Å². The number of aromatic nitrogens is 2. The number of hydrogen-bond donors (Lipinski definition) is 1. The average Bonchev–Trinajstić information content (AvgIpc) is 2.32. The average molecular weight is 269 g/mol. The van der Waals surface area contributed by atoms with Crippen LogP contribution in [-0.2, 0) is 6.42 Å². The number of anilines is 1. The molecule has 20 heavy (non-hydrogen) atoms. The van der Waals surface area contributed by atoms with Gasteiger partial charge in [0.2, 0.25) is 0 Å². The standard InChI is InChI=1S/C17H23N3/c1-10(2)16-13(5)19-15(20-17(16)18)9-14-7-6-11(3)12(4)8-14/h6-8,10H,9H2,1-5H3,(H2,18,19,20). The zero-order valence-electron chi connectivity index (χ0n) is 13.0. The second-order valence-electron chi connectivity index (χ2n) is 5.77. The second-order valence-corrected chi connectivity index (χ2v) is 5.77. The normalized spacial score (nSPS) is 11.1. The van der Waals surface area contributed by atoms with Gasteiger partial charge in [0, 0.05) is 17.7 Å². The van der Waals surface area contributed by atoms with E-state index in [1.165, 1.54) is 16.7 Å². The summed E-state index contributed by atoms with van der Waals surface area (Å²) in [5, 5.41) is 0. The van der Waals surface area contributed by atoms with Crippen LogP contribution < -0.4 is 5.73 Å². The first kappa shape index (κ1) is 14.5. The molecule has 0 aliphatic rings. The summed E-state index contributed by atoms with van der Waals surface area (Å²) in [5.74, 6) is 1.77. The molecular formula is C17H23N3. The molecular weight excluding hydrogens is 246 g/mol. The van der Waals surface area contributed by atoms with Gasteiger partial charge in [0.1, 0.15) is 11.6 Å². The Labute approximate surface area is 121 Å². The number of nitrogens with two attached hydrogens (primary N) is 1. The topological polar surface area (TPSA) is 51.8 Å². The van der Waals surface area contributed by atoms with Crippen molar-refractivity contribution in [3.63, 3.8) is 0 Å². The molecule has 0 atom stereocenters. The van der Waals surface area contributed by atoms with E-state index in [0.29, 0.717) is 11.7 Å². The summed E-state index contributed by atoms with van der Waals surface area (Å²) in [5.41, 5.74) is 12.0. The number of nitrogen functional groups attached to an aromatic ring is 1. The van der Waals surface area contributed by atoms with Crippen molar-refractivity contribution in [1.29, 1.82) is 0 Å². The maximum atomic E-state index is 6.08. The Morgan fingerprint density at radius 2 is 1.75 bits per heavy atom. The molecule has 1 aromatic heterocycles. The minimum absolute atomic E-state index is 0.352. The first-order chi connectivity index (χ1) is 9.38. The largest absolute Gasteiger partial charge is 0.383 e. The van der Waals surface area contributed by atoms with Crippen LogP contribution in [0.2, 0.25) is 0 Å². The van der Waals surface area contributed by atoms with Crippen molar-refractivity contribution in [3.05, 3.63) is 52.0 Å². The van der Waals surface area contributed by atoms with Crippen molar-refractivity contribution < 1.29 is 0 Å². The van der Waals surface area contributed by atoms with E-state index in [4.69, 9.17) is 5.73 Å². The summed E-state index contributed by atoms with van der Waals surface area (Å²) in [6.07, 6.45) is 0.727. The highest BCUT2D eigenvalue weighted by atomic mass is 15.0. The van der Waals surface area contributed by atoms with Crippen LogP contribution in [0.3, 0.4) is 0 Å². The third-order valence-electron chi connectivity index (χ3n) is 3.72. The Bertz CT molecular complexity index is 607. The van der Waals surface area contributed by atoms with Gasteiger partial charge in [-0.3, -0.25) is 0 Å². The first-order valence-corrected chi connectivity index (χ1v) is 7.07. The number of aryl methyl sites for hydroxylation is 3. The molecule has 1 aromatic carbocycles. The highest BCUT2D eigenvalue weighted by Gasteiger charge is 2.12. The van der Waals surface area contributed by atoms with Crippen LogP contribution in [0.5, 0.6) is 0 Å². The van der Waals surface area contributed by atoms with E-state index in [2.05, 4.69) is 55.9 Å². The fourth-order valence-electron chi connectivity index (χ4n) is 2.55. The molecule has 0 aliphatic heterocycles. The molecule has 3 nitrogen and oxygen atoms in total. The Balaban J connectivity index is 2.32. The van der Waals surface area contributed by atoms with Gasteiger partial charge in [-0.25, -0.2) is 9.97 Å². The number of benzene rings is 1. The Morgan fingerprint density at radius 1 is 1.05 bits per heavy atom. The van der Waals surface area contributed by atoms with Crippen molar-refractivity contribution in [2.45, 2.75) is 47.0 Å². The number of nitrogens with zero attached hydrogens (tertiary/aromatic N) is 2. The maximum absolute atomic E-state index is 6.08. The van der Waals surface area contributed by atoms with Gasteiger partial charge in [0.05, 0.1) is 0 Å². The summed E-state index contributed by atoms with van der Waals surface area (Å²) in [6.45, 7) is 10.5. The highest BCUT2D eigenvalue weighted by molar-refractivity contribution is 5.44. The van der Waals surface area contributed by atoms with Gasteiger partial charge in [-0.05, 0) is 43.4 Å². The summed E-state index contributed by atoms with van der Waals surface area (Å²) >= 11 is 0. The van der Waals surface area contributed by atoms with Gasteiger partial charge >= 0.3 is 0 Å². The monoisotopic (exact) mass is 269 g/mol. The van der Waals surface area contributed by atoms with E-state index >= 15 is 0 Å². The van der Waals surface area contributed by atoms with Crippen molar-refractivity contribution in [2.24, 2.45) is 0 Å². The van der Waals surface area contributed by atoms with Crippen molar-refractivity contribution in [1.82, 2.24) is 9.97 Å². The molecule has 2 rings (SSSR count). The third-order valence-corrected chi connectivity index (χ3v) is 3.72. The molecule has 3 heteroatoms. The summed E-state index contributed by atoms with van der Waals surface area (Å²) in [6, 6.07) is 6.47. The van der Waals surface area contributed by atoms with Crippen LogP contribution in [0.1, 0.15) is 53.5 Å².